The average Bonchev–Trinajstić information content (AvgIpc) is 2.99. The molecule has 0 saturated heterocycles. The fourth-order valence-corrected chi connectivity index (χ4v) is 2.88. The molecule has 0 saturated carbocycles. The van der Waals surface area contributed by atoms with Crippen LogP contribution in [0.15, 0.2) is 52.0 Å². The average molecular weight is 303 g/mol. The van der Waals surface area contributed by atoms with E-state index in [2.05, 4.69) is 19.1 Å². The number of unbranched alkanes of at least 4 members (excludes halogenated alkanes) is 1. The molecule has 1 aromatic heterocycles. The summed E-state index contributed by atoms with van der Waals surface area (Å²) >= 11 is 1.71. The molecule has 3 nitrogen and oxygen atoms in total. The summed E-state index contributed by atoms with van der Waals surface area (Å²) < 4.78 is 5.41. The number of hydrogen-bond acceptors (Lipinski definition) is 3. The normalized spacial score (nSPS) is 10.6. The Morgan fingerprint density at radius 1 is 1.24 bits per heavy atom. The molecule has 112 valence electrons. The van der Waals surface area contributed by atoms with Crippen LogP contribution in [-0.4, -0.2) is 24.4 Å². The molecule has 0 spiro atoms. The Morgan fingerprint density at radius 2 is 2.00 bits per heavy atom. The van der Waals surface area contributed by atoms with Crippen LogP contribution in [0, 0.1) is 0 Å². The zero-order valence-electron chi connectivity index (χ0n) is 12.5. The first-order valence-electron chi connectivity index (χ1n) is 7.22. The van der Waals surface area contributed by atoms with E-state index in [0.717, 1.165) is 30.7 Å². The number of rotatable bonds is 7. The Bertz CT molecular complexity index is 565. The van der Waals surface area contributed by atoms with Gasteiger partial charge in [0, 0.05) is 29.8 Å². The van der Waals surface area contributed by atoms with Crippen molar-refractivity contribution in [3.8, 4) is 0 Å². The lowest BCUT2D eigenvalue weighted by Crippen LogP contribution is -2.28. The molecule has 0 aliphatic rings. The van der Waals surface area contributed by atoms with Gasteiger partial charge >= 0.3 is 0 Å². The lowest BCUT2D eigenvalue weighted by molar-refractivity contribution is 0.0760. The zero-order chi connectivity index (χ0) is 15.1. The van der Waals surface area contributed by atoms with Gasteiger partial charge in [-0.1, -0.05) is 31.5 Å². The van der Waals surface area contributed by atoms with Crippen LogP contribution in [0.1, 0.15) is 35.9 Å². The predicted octanol–water partition coefficient (Wildman–Crippen LogP) is 4.44. The summed E-state index contributed by atoms with van der Waals surface area (Å²) in [5.74, 6) is 1.18. The summed E-state index contributed by atoms with van der Waals surface area (Å²) in [5.41, 5.74) is 0.956. The van der Waals surface area contributed by atoms with Crippen molar-refractivity contribution in [1.29, 1.82) is 0 Å². The molecule has 21 heavy (non-hydrogen) atoms. The Balaban J connectivity index is 1.99. The van der Waals surface area contributed by atoms with E-state index in [-0.39, 0.29) is 5.91 Å². The van der Waals surface area contributed by atoms with Crippen LogP contribution in [0.2, 0.25) is 0 Å². The maximum Gasteiger partial charge on any atom is 0.289 e. The number of thioether (sulfide) groups is 1. The molecule has 4 heteroatoms. The van der Waals surface area contributed by atoms with Crippen LogP contribution in [0.5, 0.6) is 0 Å². The van der Waals surface area contributed by atoms with Crippen LogP contribution in [0.25, 0.3) is 0 Å². The van der Waals surface area contributed by atoms with Gasteiger partial charge in [0.1, 0.15) is 0 Å². The van der Waals surface area contributed by atoms with Gasteiger partial charge < -0.3 is 9.32 Å². The topological polar surface area (TPSA) is 33.5 Å². The van der Waals surface area contributed by atoms with Crippen molar-refractivity contribution < 1.29 is 9.21 Å². The molecule has 1 aromatic carbocycles. The molecular weight excluding hydrogens is 282 g/mol. The van der Waals surface area contributed by atoms with Crippen molar-refractivity contribution in [3.63, 3.8) is 0 Å². The highest BCUT2D eigenvalue weighted by Crippen LogP contribution is 2.25. The smallest absolute Gasteiger partial charge is 0.289 e. The SMILES string of the molecule is CCCCN(C)C(=O)c1occc1CSc1ccccc1. The molecule has 0 radical (unpaired) electrons. The molecule has 1 heterocycles. The summed E-state index contributed by atoms with van der Waals surface area (Å²) in [6.45, 7) is 2.88. The van der Waals surface area contributed by atoms with Gasteiger partial charge in [-0.15, -0.1) is 11.8 Å². The van der Waals surface area contributed by atoms with E-state index < -0.39 is 0 Å². The number of carbonyl (C=O) groups is 1. The molecular formula is C17H21NO2S. The summed E-state index contributed by atoms with van der Waals surface area (Å²) in [6.07, 6.45) is 3.69. The molecule has 2 aromatic rings. The lowest BCUT2D eigenvalue weighted by atomic mass is 10.2. The second-order valence-electron chi connectivity index (χ2n) is 4.96. The van der Waals surface area contributed by atoms with E-state index in [9.17, 15) is 4.79 Å². The number of furan rings is 1. The lowest BCUT2D eigenvalue weighted by Gasteiger charge is -2.15. The molecule has 1 amide bonds. The number of benzene rings is 1. The monoisotopic (exact) mass is 303 g/mol. The molecule has 0 N–H and O–H groups in total. The van der Waals surface area contributed by atoms with Crippen LogP contribution in [0.4, 0.5) is 0 Å². The molecule has 0 unspecified atom stereocenters. The molecule has 0 atom stereocenters. The van der Waals surface area contributed by atoms with Gasteiger partial charge in [0.05, 0.1) is 6.26 Å². The minimum absolute atomic E-state index is 0.0305. The first-order valence-corrected chi connectivity index (χ1v) is 8.20. The van der Waals surface area contributed by atoms with Crippen molar-refractivity contribution in [2.45, 2.75) is 30.4 Å². The summed E-state index contributed by atoms with van der Waals surface area (Å²) in [5, 5.41) is 0. The minimum atomic E-state index is -0.0305. The van der Waals surface area contributed by atoms with Gasteiger partial charge in [-0.05, 0) is 24.6 Å². The second-order valence-corrected chi connectivity index (χ2v) is 6.01. The van der Waals surface area contributed by atoms with Crippen LogP contribution in [-0.2, 0) is 5.75 Å². The first kappa shape index (κ1) is 15.7. The van der Waals surface area contributed by atoms with Crippen molar-refractivity contribution >= 4 is 17.7 Å². The van der Waals surface area contributed by atoms with Gasteiger partial charge in [0.15, 0.2) is 5.76 Å². The Labute approximate surface area is 130 Å². The van der Waals surface area contributed by atoms with Gasteiger partial charge in [-0.2, -0.15) is 0 Å². The summed E-state index contributed by atoms with van der Waals surface area (Å²) in [7, 11) is 1.83. The Morgan fingerprint density at radius 3 is 2.71 bits per heavy atom. The van der Waals surface area contributed by atoms with E-state index >= 15 is 0 Å². The van der Waals surface area contributed by atoms with E-state index in [1.807, 2.05) is 31.3 Å². The fraction of sp³-hybridized carbons (Fsp3) is 0.353. The maximum absolute atomic E-state index is 12.4. The van der Waals surface area contributed by atoms with Crippen LogP contribution in [0.3, 0.4) is 0 Å². The zero-order valence-corrected chi connectivity index (χ0v) is 13.4. The highest BCUT2D eigenvalue weighted by Gasteiger charge is 2.19. The van der Waals surface area contributed by atoms with Crippen molar-refractivity contribution in [2.75, 3.05) is 13.6 Å². The van der Waals surface area contributed by atoms with Gasteiger partial charge in [-0.25, -0.2) is 0 Å². The van der Waals surface area contributed by atoms with Crippen LogP contribution >= 0.6 is 11.8 Å². The largest absolute Gasteiger partial charge is 0.459 e. The summed E-state index contributed by atoms with van der Waals surface area (Å²) in [6, 6.07) is 12.1. The number of nitrogens with zero attached hydrogens (tertiary/aromatic N) is 1. The third-order valence-electron chi connectivity index (χ3n) is 3.27. The fourth-order valence-electron chi connectivity index (χ4n) is 1.98. The predicted molar refractivity (Wildman–Crippen MR) is 86.6 cm³/mol. The minimum Gasteiger partial charge on any atom is -0.459 e. The highest BCUT2D eigenvalue weighted by molar-refractivity contribution is 7.98. The van der Waals surface area contributed by atoms with E-state index in [0.29, 0.717) is 5.76 Å². The number of carbonyl (C=O) groups excluding carboxylic acids is 1. The van der Waals surface area contributed by atoms with E-state index in [4.69, 9.17) is 4.42 Å². The maximum atomic E-state index is 12.4. The third-order valence-corrected chi connectivity index (χ3v) is 4.33. The van der Waals surface area contributed by atoms with Gasteiger partial charge in [0.2, 0.25) is 0 Å². The Hall–Kier alpha value is -1.68. The quantitative estimate of drug-likeness (QED) is 0.709. The standard InChI is InChI=1S/C17H21NO2S/c1-3-4-11-18(2)17(19)16-14(10-12-20-16)13-21-15-8-6-5-7-9-15/h5-10,12H,3-4,11,13H2,1-2H3. The molecule has 0 aliphatic carbocycles. The number of amides is 1. The van der Waals surface area contributed by atoms with Crippen molar-refractivity contribution in [2.24, 2.45) is 0 Å². The number of hydrogen-bond donors (Lipinski definition) is 0. The van der Waals surface area contributed by atoms with E-state index in [1.165, 1.54) is 4.90 Å². The molecule has 0 bridgehead atoms. The highest BCUT2D eigenvalue weighted by atomic mass is 32.2. The molecule has 0 aliphatic heterocycles. The van der Waals surface area contributed by atoms with Gasteiger partial charge in [-0.3, -0.25) is 4.79 Å². The third kappa shape index (κ3) is 4.39. The van der Waals surface area contributed by atoms with Crippen molar-refractivity contribution in [3.05, 3.63) is 54.0 Å². The van der Waals surface area contributed by atoms with Crippen molar-refractivity contribution in [1.82, 2.24) is 4.90 Å². The molecule has 0 fully saturated rings. The summed E-state index contributed by atoms with van der Waals surface area (Å²) in [4.78, 5) is 15.3. The second kappa shape index (κ2) is 7.93. The van der Waals surface area contributed by atoms with Gasteiger partial charge in [0.25, 0.3) is 5.91 Å². The molecule has 2 rings (SSSR count). The van der Waals surface area contributed by atoms with E-state index in [1.54, 1.807) is 22.9 Å². The Kier molecular flexibility index (Phi) is 5.93. The van der Waals surface area contributed by atoms with Crippen LogP contribution < -0.4 is 0 Å². The first-order chi connectivity index (χ1) is 10.2.